The van der Waals surface area contributed by atoms with Gasteiger partial charge in [0.25, 0.3) is 0 Å². The molecule has 1 atom stereocenters. The number of nitrogens with one attached hydrogen (secondary N) is 1. The Morgan fingerprint density at radius 2 is 1.80 bits per heavy atom. The Bertz CT molecular complexity index is 108. The van der Waals surface area contributed by atoms with E-state index in [-0.39, 0.29) is 0 Å². The second-order valence-electron chi connectivity index (χ2n) is 3.75. The van der Waals surface area contributed by atoms with Gasteiger partial charge in [-0.1, -0.05) is 26.8 Å². The maximum Gasteiger partial charge on any atom is 0.0275 e. The summed E-state index contributed by atoms with van der Waals surface area (Å²) in [5, 5.41) is 3.29. The minimum atomic E-state index is 0.347. The first kappa shape index (κ1) is 9.54. The standard InChI is InChI=1S/C9H19N/c1-6-7-10-8(2)9(3,4)5/h6-8,10H,1-5H3. The molecule has 1 unspecified atom stereocenters. The van der Waals surface area contributed by atoms with Crippen LogP contribution in [0.2, 0.25) is 0 Å². The lowest BCUT2D eigenvalue weighted by molar-refractivity contribution is 0.309. The van der Waals surface area contributed by atoms with E-state index in [1.807, 2.05) is 19.2 Å². The molecule has 0 aromatic heterocycles. The smallest absolute Gasteiger partial charge is 0.0275 e. The molecule has 1 nitrogen and oxygen atoms in total. The largest absolute Gasteiger partial charge is 0.388 e. The molecule has 0 rings (SSSR count). The van der Waals surface area contributed by atoms with E-state index in [0.717, 1.165) is 0 Å². The zero-order valence-corrected chi connectivity index (χ0v) is 7.73. The second-order valence-corrected chi connectivity index (χ2v) is 3.75. The molecule has 0 saturated heterocycles. The van der Waals surface area contributed by atoms with E-state index in [0.29, 0.717) is 11.5 Å². The Kier molecular flexibility index (Phi) is 3.48. The van der Waals surface area contributed by atoms with Crippen molar-refractivity contribution in [3.8, 4) is 0 Å². The molecule has 0 bridgehead atoms. The van der Waals surface area contributed by atoms with Crippen molar-refractivity contribution in [2.45, 2.75) is 40.7 Å². The molecule has 1 heteroatoms. The molecule has 1 N–H and O–H groups in total. The van der Waals surface area contributed by atoms with E-state index in [1.165, 1.54) is 0 Å². The van der Waals surface area contributed by atoms with Crippen LogP contribution in [0, 0.1) is 5.41 Å². The van der Waals surface area contributed by atoms with E-state index in [2.05, 4.69) is 33.0 Å². The van der Waals surface area contributed by atoms with Crippen molar-refractivity contribution in [3.05, 3.63) is 12.3 Å². The molecule has 0 spiro atoms. The average molecular weight is 141 g/mol. The highest BCUT2D eigenvalue weighted by molar-refractivity contribution is 4.83. The molecule has 0 aromatic carbocycles. The van der Waals surface area contributed by atoms with Crippen LogP contribution in [0.4, 0.5) is 0 Å². The third-order valence-electron chi connectivity index (χ3n) is 1.81. The summed E-state index contributed by atoms with van der Waals surface area (Å²) in [4.78, 5) is 0. The lowest BCUT2D eigenvalue weighted by Gasteiger charge is -2.27. The lowest BCUT2D eigenvalue weighted by atomic mass is 9.88. The van der Waals surface area contributed by atoms with Crippen molar-refractivity contribution in [2.24, 2.45) is 5.41 Å². The van der Waals surface area contributed by atoms with Crippen LogP contribution < -0.4 is 5.32 Å². The summed E-state index contributed by atoms with van der Waals surface area (Å²) in [6.07, 6.45) is 4.01. The van der Waals surface area contributed by atoms with Gasteiger partial charge in [0.2, 0.25) is 0 Å². The van der Waals surface area contributed by atoms with E-state index in [9.17, 15) is 0 Å². The van der Waals surface area contributed by atoms with Crippen LogP contribution in [0.15, 0.2) is 12.3 Å². The predicted octanol–water partition coefficient (Wildman–Crippen LogP) is 2.54. The molecule has 0 aliphatic heterocycles. The van der Waals surface area contributed by atoms with Gasteiger partial charge in [-0.25, -0.2) is 0 Å². The third-order valence-corrected chi connectivity index (χ3v) is 1.81. The van der Waals surface area contributed by atoms with Crippen LogP contribution in [-0.4, -0.2) is 6.04 Å². The highest BCUT2D eigenvalue weighted by Crippen LogP contribution is 2.18. The Morgan fingerprint density at radius 3 is 2.10 bits per heavy atom. The van der Waals surface area contributed by atoms with Crippen LogP contribution in [0.5, 0.6) is 0 Å². The number of hydrogen-bond acceptors (Lipinski definition) is 1. The Labute approximate surface area is 64.5 Å². The summed E-state index contributed by atoms with van der Waals surface area (Å²) in [5.41, 5.74) is 0.347. The molecule has 0 aliphatic rings. The van der Waals surface area contributed by atoms with E-state index in [1.54, 1.807) is 0 Å². The maximum atomic E-state index is 3.29. The first-order chi connectivity index (χ1) is 4.48. The van der Waals surface area contributed by atoms with Gasteiger partial charge in [-0.3, -0.25) is 0 Å². The first-order valence-corrected chi connectivity index (χ1v) is 3.85. The fourth-order valence-electron chi connectivity index (χ4n) is 0.491. The highest BCUT2D eigenvalue weighted by Gasteiger charge is 2.17. The summed E-state index contributed by atoms with van der Waals surface area (Å²) in [6, 6.07) is 0.531. The average Bonchev–Trinajstić information content (AvgIpc) is 1.80. The van der Waals surface area contributed by atoms with Gasteiger partial charge in [0.05, 0.1) is 0 Å². The van der Waals surface area contributed by atoms with Crippen molar-refractivity contribution < 1.29 is 0 Å². The maximum absolute atomic E-state index is 3.29. The van der Waals surface area contributed by atoms with Crippen molar-refractivity contribution in [1.82, 2.24) is 5.32 Å². The van der Waals surface area contributed by atoms with Crippen molar-refractivity contribution >= 4 is 0 Å². The van der Waals surface area contributed by atoms with Crippen molar-refractivity contribution in [3.63, 3.8) is 0 Å². The number of hydrogen-bond donors (Lipinski definition) is 1. The fourth-order valence-corrected chi connectivity index (χ4v) is 0.491. The highest BCUT2D eigenvalue weighted by atomic mass is 14.9. The molecule has 60 valence electrons. The minimum absolute atomic E-state index is 0.347. The molecule has 0 radical (unpaired) electrons. The Balaban J connectivity index is 3.73. The number of allylic oxidation sites excluding steroid dienone is 1. The molecule has 0 aromatic rings. The SMILES string of the molecule is CC=CNC(C)C(C)(C)C. The Hall–Kier alpha value is -0.460. The van der Waals surface area contributed by atoms with Gasteiger partial charge < -0.3 is 5.32 Å². The molecule has 0 amide bonds. The minimum Gasteiger partial charge on any atom is -0.388 e. The molecule has 10 heavy (non-hydrogen) atoms. The first-order valence-electron chi connectivity index (χ1n) is 3.85. The van der Waals surface area contributed by atoms with Gasteiger partial charge in [-0.05, 0) is 25.5 Å². The molecular formula is C9H19N. The summed E-state index contributed by atoms with van der Waals surface area (Å²) < 4.78 is 0. The predicted molar refractivity (Wildman–Crippen MR) is 46.9 cm³/mol. The Morgan fingerprint density at radius 1 is 1.30 bits per heavy atom. The summed E-state index contributed by atoms with van der Waals surface area (Å²) >= 11 is 0. The zero-order chi connectivity index (χ0) is 8.20. The van der Waals surface area contributed by atoms with Gasteiger partial charge in [-0.2, -0.15) is 0 Å². The van der Waals surface area contributed by atoms with Crippen molar-refractivity contribution in [1.29, 1.82) is 0 Å². The molecule has 0 aliphatic carbocycles. The van der Waals surface area contributed by atoms with Gasteiger partial charge in [-0.15, -0.1) is 0 Å². The second kappa shape index (κ2) is 3.65. The topological polar surface area (TPSA) is 12.0 Å². The molecular weight excluding hydrogens is 122 g/mol. The van der Waals surface area contributed by atoms with Gasteiger partial charge in [0, 0.05) is 6.04 Å². The van der Waals surface area contributed by atoms with Crippen LogP contribution in [0.1, 0.15) is 34.6 Å². The van der Waals surface area contributed by atoms with E-state index < -0.39 is 0 Å². The van der Waals surface area contributed by atoms with Crippen LogP contribution in [0.3, 0.4) is 0 Å². The summed E-state index contributed by atoms with van der Waals surface area (Å²) in [7, 11) is 0. The lowest BCUT2D eigenvalue weighted by Crippen LogP contribution is -2.34. The van der Waals surface area contributed by atoms with E-state index in [4.69, 9.17) is 0 Å². The van der Waals surface area contributed by atoms with Crippen LogP contribution in [0.25, 0.3) is 0 Å². The summed E-state index contributed by atoms with van der Waals surface area (Å²) in [5.74, 6) is 0. The van der Waals surface area contributed by atoms with Crippen LogP contribution in [-0.2, 0) is 0 Å². The zero-order valence-electron chi connectivity index (χ0n) is 7.73. The number of rotatable bonds is 2. The normalized spacial score (nSPS) is 15.7. The molecule has 0 heterocycles. The van der Waals surface area contributed by atoms with Gasteiger partial charge in [0.1, 0.15) is 0 Å². The summed E-state index contributed by atoms with van der Waals surface area (Å²) in [6.45, 7) is 10.9. The quantitative estimate of drug-likeness (QED) is 0.623. The molecule has 0 fully saturated rings. The molecule has 0 saturated carbocycles. The van der Waals surface area contributed by atoms with Gasteiger partial charge in [0.15, 0.2) is 0 Å². The monoisotopic (exact) mass is 141 g/mol. The van der Waals surface area contributed by atoms with Crippen LogP contribution >= 0.6 is 0 Å². The van der Waals surface area contributed by atoms with Gasteiger partial charge >= 0.3 is 0 Å². The van der Waals surface area contributed by atoms with Crippen molar-refractivity contribution in [2.75, 3.05) is 0 Å². The fraction of sp³-hybridized carbons (Fsp3) is 0.778. The third kappa shape index (κ3) is 3.54. The van der Waals surface area contributed by atoms with E-state index >= 15 is 0 Å².